The van der Waals surface area contributed by atoms with Gasteiger partial charge in [0.25, 0.3) is 0 Å². The molecule has 0 saturated heterocycles. The quantitative estimate of drug-likeness (QED) is 0.890. The summed E-state index contributed by atoms with van der Waals surface area (Å²) in [6, 6.07) is 7.89. The van der Waals surface area contributed by atoms with Crippen molar-refractivity contribution >= 4 is 22.6 Å². The molecule has 1 aromatic carbocycles. The van der Waals surface area contributed by atoms with Crippen LogP contribution in [0.3, 0.4) is 0 Å². The number of thioether (sulfide) groups is 1. The van der Waals surface area contributed by atoms with Crippen molar-refractivity contribution in [2.45, 2.75) is 6.42 Å². The van der Waals surface area contributed by atoms with Crippen LogP contribution < -0.4 is 10.5 Å². The molecule has 0 spiro atoms. The number of ether oxygens (including phenoxy) is 1. The van der Waals surface area contributed by atoms with E-state index in [1.165, 1.54) is 11.8 Å². The van der Waals surface area contributed by atoms with Crippen molar-refractivity contribution in [3.05, 3.63) is 41.3 Å². The number of amidine groups is 1. The second-order valence-electron chi connectivity index (χ2n) is 3.48. The highest BCUT2D eigenvalue weighted by atomic mass is 32.2. The largest absolute Gasteiger partial charge is 0.497 e. The van der Waals surface area contributed by atoms with Crippen LogP contribution in [0.25, 0.3) is 0 Å². The van der Waals surface area contributed by atoms with Gasteiger partial charge < -0.3 is 10.5 Å². The lowest BCUT2D eigenvalue weighted by Gasteiger charge is -2.02. The fourth-order valence-corrected chi connectivity index (χ4v) is 1.85. The number of rotatable bonds is 3. The lowest BCUT2D eigenvalue weighted by molar-refractivity contribution is 0.414. The maximum absolute atomic E-state index is 5.57. The summed E-state index contributed by atoms with van der Waals surface area (Å²) in [6.45, 7) is 0. The lowest BCUT2D eigenvalue weighted by Crippen LogP contribution is -2.03. The number of hydrogen-bond acceptors (Lipinski definition) is 5. The molecule has 0 amide bonds. The van der Waals surface area contributed by atoms with E-state index in [2.05, 4.69) is 10.2 Å². The van der Waals surface area contributed by atoms with Gasteiger partial charge in [0.2, 0.25) is 0 Å². The van der Waals surface area contributed by atoms with Gasteiger partial charge in [-0.3, -0.25) is 0 Å². The Bertz CT molecular complexity index is 477. The highest BCUT2D eigenvalue weighted by Gasteiger charge is 2.02. The zero-order chi connectivity index (χ0) is 12.1. The summed E-state index contributed by atoms with van der Waals surface area (Å²) in [7, 11) is 1.65. The van der Waals surface area contributed by atoms with Crippen LogP contribution in [0.15, 0.2) is 46.0 Å². The summed E-state index contributed by atoms with van der Waals surface area (Å²) in [4.78, 5) is 0. The van der Waals surface area contributed by atoms with Crippen LogP contribution in [0.5, 0.6) is 5.75 Å². The van der Waals surface area contributed by atoms with Crippen LogP contribution in [0.1, 0.15) is 5.56 Å². The smallest absolute Gasteiger partial charge is 0.184 e. The maximum atomic E-state index is 5.57. The third kappa shape index (κ3) is 3.35. The van der Waals surface area contributed by atoms with Gasteiger partial charge in [-0.05, 0) is 29.2 Å². The number of nitrogens with two attached hydrogens (primary N) is 1. The van der Waals surface area contributed by atoms with Gasteiger partial charge in [-0.15, -0.1) is 5.10 Å². The Morgan fingerprint density at radius 2 is 2.00 bits per heavy atom. The molecule has 1 aromatic rings. The zero-order valence-corrected chi connectivity index (χ0v) is 10.3. The van der Waals surface area contributed by atoms with Gasteiger partial charge in [0, 0.05) is 6.42 Å². The molecule has 0 fully saturated rings. The van der Waals surface area contributed by atoms with E-state index in [1.807, 2.05) is 35.7 Å². The second kappa shape index (κ2) is 5.54. The number of nitrogens with zero attached hydrogens (tertiary/aromatic N) is 2. The first-order valence-electron chi connectivity index (χ1n) is 5.14. The van der Waals surface area contributed by atoms with E-state index in [0.29, 0.717) is 5.17 Å². The predicted octanol–water partition coefficient (Wildman–Crippen LogP) is 2.17. The Morgan fingerprint density at radius 3 is 2.71 bits per heavy atom. The molecule has 4 nitrogen and oxygen atoms in total. The van der Waals surface area contributed by atoms with Crippen LogP contribution in [0.4, 0.5) is 0 Å². The Morgan fingerprint density at radius 1 is 1.24 bits per heavy atom. The highest BCUT2D eigenvalue weighted by molar-refractivity contribution is 8.16. The molecule has 0 saturated carbocycles. The van der Waals surface area contributed by atoms with Crippen LogP contribution in [0.2, 0.25) is 0 Å². The Kier molecular flexibility index (Phi) is 3.82. The molecule has 2 N–H and O–H groups in total. The van der Waals surface area contributed by atoms with Crippen molar-refractivity contribution in [1.29, 1.82) is 0 Å². The number of methoxy groups -OCH3 is 1. The summed E-state index contributed by atoms with van der Waals surface area (Å²) >= 11 is 1.37. The summed E-state index contributed by atoms with van der Waals surface area (Å²) in [6.07, 6.45) is 2.66. The first kappa shape index (κ1) is 11.7. The topological polar surface area (TPSA) is 60.0 Å². The van der Waals surface area contributed by atoms with Crippen LogP contribution in [-0.2, 0) is 6.42 Å². The van der Waals surface area contributed by atoms with Crippen molar-refractivity contribution in [2.75, 3.05) is 7.11 Å². The van der Waals surface area contributed by atoms with Gasteiger partial charge in [0.1, 0.15) is 5.75 Å². The van der Waals surface area contributed by atoms with E-state index < -0.39 is 0 Å². The monoisotopic (exact) mass is 247 g/mol. The normalized spacial score (nSPS) is 14.9. The van der Waals surface area contributed by atoms with Crippen molar-refractivity contribution in [1.82, 2.24) is 0 Å². The SMILES string of the molecule is COc1ccc(CC2=NN=C(N)SC=C2)cc1. The minimum Gasteiger partial charge on any atom is -0.497 e. The van der Waals surface area contributed by atoms with E-state index in [1.54, 1.807) is 7.11 Å². The van der Waals surface area contributed by atoms with Crippen LogP contribution in [0, 0.1) is 0 Å². The van der Waals surface area contributed by atoms with Crippen molar-refractivity contribution in [3.63, 3.8) is 0 Å². The first-order valence-corrected chi connectivity index (χ1v) is 6.02. The Hall–Kier alpha value is -1.75. The van der Waals surface area contributed by atoms with Gasteiger partial charge >= 0.3 is 0 Å². The number of benzene rings is 1. The van der Waals surface area contributed by atoms with E-state index in [-0.39, 0.29) is 0 Å². The third-order valence-corrected chi connectivity index (χ3v) is 2.87. The van der Waals surface area contributed by atoms with Crippen LogP contribution in [-0.4, -0.2) is 18.0 Å². The van der Waals surface area contributed by atoms with Gasteiger partial charge in [0.05, 0.1) is 12.8 Å². The molecule has 0 aliphatic carbocycles. The van der Waals surface area contributed by atoms with Crippen molar-refractivity contribution in [3.8, 4) is 5.75 Å². The third-order valence-electron chi connectivity index (χ3n) is 2.27. The standard InChI is InChI=1S/C12H13N3OS/c1-16-11-4-2-9(3-5-11)8-10-6-7-17-12(13)15-14-10/h2-7H,8H2,1H3,(H2,13,15). The van der Waals surface area contributed by atoms with E-state index in [4.69, 9.17) is 10.5 Å². The van der Waals surface area contributed by atoms with Gasteiger partial charge in [-0.25, -0.2) is 0 Å². The second-order valence-corrected chi connectivity index (χ2v) is 4.40. The minimum atomic E-state index is 0.464. The van der Waals surface area contributed by atoms with Crippen molar-refractivity contribution in [2.24, 2.45) is 15.9 Å². The highest BCUT2D eigenvalue weighted by Crippen LogP contribution is 2.14. The van der Waals surface area contributed by atoms with Crippen molar-refractivity contribution < 1.29 is 4.74 Å². The minimum absolute atomic E-state index is 0.464. The summed E-state index contributed by atoms with van der Waals surface area (Å²) in [5, 5.41) is 10.3. The summed E-state index contributed by atoms with van der Waals surface area (Å²) < 4.78 is 5.11. The van der Waals surface area contributed by atoms with Gasteiger partial charge in [-0.2, -0.15) is 5.10 Å². The molecule has 2 rings (SSSR count). The maximum Gasteiger partial charge on any atom is 0.184 e. The molecular formula is C12H13N3OS. The van der Waals surface area contributed by atoms with Gasteiger partial charge in [-0.1, -0.05) is 23.9 Å². The lowest BCUT2D eigenvalue weighted by atomic mass is 10.1. The van der Waals surface area contributed by atoms with E-state index in [0.717, 1.165) is 23.4 Å². The molecule has 1 heterocycles. The average Bonchev–Trinajstić information content (AvgIpc) is 2.56. The fourth-order valence-electron chi connectivity index (χ4n) is 1.40. The number of hydrogen-bond donors (Lipinski definition) is 1. The molecule has 0 unspecified atom stereocenters. The molecule has 1 aliphatic heterocycles. The number of allylic oxidation sites excluding steroid dienone is 1. The van der Waals surface area contributed by atoms with Crippen LogP contribution >= 0.6 is 11.8 Å². The average molecular weight is 247 g/mol. The zero-order valence-electron chi connectivity index (χ0n) is 9.46. The predicted molar refractivity (Wildman–Crippen MR) is 72.5 cm³/mol. The van der Waals surface area contributed by atoms with E-state index >= 15 is 0 Å². The fraction of sp³-hybridized carbons (Fsp3) is 0.167. The molecular weight excluding hydrogens is 234 g/mol. The molecule has 5 heteroatoms. The summed E-state index contributed by atoms with van der Waals surface area (Å²) in [5.41, 5.74) is 7.62. The Labute approximate surface area is 104 Å². The molecule has 88 valence electrons. The Balaban J connectivity index is 2.10. The molecule has 0 aromatic heterocycles. The summed E-state index contributed by atoms with van der Waals surface area (Å²) in [5.74, 6) is 0.852. The molecule has 17 heavy (non-hydrogen) atoms. The van der Waals surface area contributed by atoms with E-state index in [9.17, 15) is 0 Å². The molecule has 0 atom stereocenters. The molecule has 0 bridgehead atoms. The first-order chi connectivity index (χ1) is 8.28. The molecule has 0 radical (unpaired) electrons. The molecule has 1 aliphatic rings. The van der Waals surface area contributed by atoms with Gasteiger partial charge in [0.15, 0.2) is 5.17 Å².